The second-order valence-electron chi connectivity index (χ2n) is 4.30. The Bertz CT molecular complexity index is 304. The molecule has 0 aliphatic carbocycles. The lowest BCUT2D eigenvalue weighted by molar-refractivity contribution is -0.140. The number of aliphatic carboxylic acids is 1. The van der Waals surface area contributed by atoms with Crippen LogP contribution in [0.1, 0.15) is 26.7 Å². The van der Waals surface area contributed by atoms with E-state index < -0.39 is 36.3 Å². The van der Waals surface area contributed by atoms with Gasteiger partial charge in [-0.1, -0.05) is 13.8 Å². The molecule has 17 heavy (non-hydrogen) atoms. The predicted octanol–water partition coefficient (Wildman–Crippen LogP) is -1.20. The smallest absolute Gasteiger partial charge is 0.305 e. The maximum atomic E-state index is 11.5. The first kappa shape index (κ1) is 15.4. The van der Waals surface area contributed by atoms with Crippen molar-refractivity contribution in [1.82, 2.24) is 5.32 Å². The van der Waals surface area contributed by atoms with E-state index in [4.69, 9.17) is 16.6 Å². The molecule has 0 saturated carbocycles. The summed E-state index contributed by atoms with van der Waals surface area (Å²) in [6.45, 7) is 3.80. The van der Waals surface area contributed by atoms with E-state index in [1.54, 1.807) is 0 Å². The maximum absolute atomic E-state index is 11.5. The van der Waals surface area contributed by atoms with E-state index in [1.807, 2.05) is 13.8 Å². The van der Waals surface area contributed by atoms with Crippen LogP contribution in [0.5, 0.6) is 0 Å². The van der Waals surface area contributed by atoms with Gasteiger partial charge in [-0.2, -0.15) is 0 Å². The summed E-state index contributed by atoms with van der Waals surface area (Å²) < 4.78 is 0. The number of primary amides is 1. The van der Waals surface area contributed by atoms with E-state index >= 15 is 0 Å². The second kappa shape index (κ2) is 6.85. The van der Waals surface area contributed by atoms with Gasteiger partial charge in [-0.3, -0.25) is 14.4 Å². The summed E-state index contributed by atoms with van der Waals surface area (Å²) in [6.07, 6.45) is -0.0974. The van der Waals surface area contributed by atoms with Crippen molar-refractivity contribution < 1.29 is 19.5 Å². The Hall–Kier alpha value is -1.63. The summed E-state index contributed by atoms with van der Waals surface area (Å²) in [5.41, 5.74) is 10.6. The molecule has 0 bridgehead atoms. The van der Waals surface area contributed by atoms with E-state index in [9.17, 15) is 14.4 Å². The molecule has 6 N–H and O–H groups in total. The molecule has 7 heteroatoms. The summed E-state index contributed by atoms with van der Waals surface area (Å²) in [7, 11) is 0. The number of amides is 2. The van der Waals surface area contributed by atoms with Crippen LogP contribution in [-0.2, 0) is 14.4 Å². The molecule has 7 nitrogen and oxygen atoms in total. The summed E-state index contributed by atoms with van der Waals surface area (Å²) in [5.74, 6) is -2.45. The quantitative estimate of drug-likeness (QED) is 0.447. The van der Waals surface area contributed by atoms with Crippen LogP contribution in [0.3, 0.4) is 0 Å². The van der Waals surface area contributed by atoms with E-state index in [2.05, 4.69) is 5.32 Å². The van der Waals surface area contributed by atoms with Crippen molar-refractivity contribution in [2.75, 3.05) is 0 Å². The molecular formula is C10H19N3O4. The monoisotopic (exact) mass is 245 g/mol. The average Bonchev–Trinajstić information content (AvgIpc) is 2.14. The lowest BCUT2D eigenvalue weighted by Gasteiger charge is -2.18. The summed E-state index contributed by atoms with van der Waals surface area (Å²) in [4.78, 5) is 32.9. The van der Waals surface area contributed by atoms with Crippen molar-refractivity contribution >= 4 is 17.8 Å². The Morgan fingerprint density at radius 2 is 1.82 bits per heavy atom. The molecule has 0 radical (unpaired) electrons. The molecule has 2 atom stereocenters. The Morgan fingerprint density at radius 1 is 1.29 bits per heavy atom. The van der Waals surface area contributed by atoms with E-state index in [1.165, 1.54) is 0 Å². The van der Waals surface area contributed by atoms with Gasteiger partial charge < -0.3 is 21.9 Å². The summed E-state index contributed by atoms with van der Waals surface area (Å²) >= 11 is 0. The second-order valence-corrected chi connectivity index (χ2v) is 4.30. The fraction of sp³-hybridized carbons (Fsp3) is 0.700. The summed E-state index contributed by atoms with van der Waals surface area (Å²) in [6, 6.07) is -2.00. The number of carbonyl (C=O) groups excluding carboxylic acids is 2. The molecule has 0 aliphatic heterocycles. The first-order valence-corrected chi connectivity index (χ1v) is 5.31. The zero-order valence-electron chi connectivity index (χ0n) is 9.97. The molecule has 1 unspecified atom stereocenters. The van der Waals surface area contributed by atoms with Crippen LogP contribution in [0.25, 0.3) is 0 Å². The predicted molar refractivity (Wildman–Crippen MR) is 60.8 cm³/mol. The molecule has 0 spiro atoms. The third-order valence-corrected chi connectivity index (χ3v) is 2.10. The fourth-order valence-electron chi connectivity index (χ4n) is 1.29. The SMILES string of the molecule is CC(C)C[C@H](N)C(=O)NC(CC(=O)O)C(N)=O. The lowest BCUT2D eigenvalue weighted by atomic mass is 10.0. The molecule has 2 amide bonds. The number of carboxylic acid groups (broad SMARTS) is 1. The van der Waals surface area contributed by atoms with Gasteiger partial charge in [0.05, 0.1) is 12.5 Å². The van der Waals surface area contributed by atoms with Crippen LogP contribution in [0.4, 0.5) is 0 Å². The van der Waals surface area contributed by atoms with Gasteiger partial charge in [-0.25, -0.2) is 0 Å². The molecule has 0 aromatic carbocycles. The first-order valence-electron chi connectivity index (χ1n) is 5.31. The van der Waals surface area contributed by atoms with Crippen LogP contribution in [0.2, 0.25) is 0 Å². The number of carbonyl (C=O) groups is 3. The number of hydrogen-bond donors (Lipinski definition) is 4. The number of nitrogens with one attached hydrogen (secondary N) is 1. The zero-order chi connectivity index (χ0) is 13.6. The number of nitrogens with two attached hydrogens (primary N) is 2. The minimum absolute atomic E-state index is 0.224. The van der Waals surface area contributed by atoms with Gasteiger partial charge in [0.1, 0.15) is 6.04 Å². The molecule has 0 fully saturated rings. The molecule has 0 saturated heterocycles. The Morgan fingerprint density at radius 3 is 2.18 bits per heavy atom. The van der Waals surface area contributed by atoms with Crippen LogP contribution >= 0.6 is 0 Å². The number of carboxylic acids is 1. The fourth-order valence-corrected chi connectivity index (χ4v) is 1.29. The highest BCUT2D eigenvalue weighted by molar-refractivity contribution is 5.91. The van der Waals surface area contributed by atoms with Crippen molar-refractivity contribution in [3.63, 3.8) is 0 Å². The maximum Gasteiger partial charge on any atom is 0.305 e. The Kier molecular flexibility index (Phi) is 6.19. The highest BCUT2D eigenvalue weighted by atomic mass is 16.4. The molecule has 0 aliphatic rings. The third kappa shape index (κ3) is 6.52. The molecule has 0 heterocycles. The molecular weight excluding hydrogens is 226 g/mol. The first-order chi connectivity index (χ1) is 7.73. The van der Waals surface area contributed by atoms with Crippen LogP contribution in [0.15, 0.2) is 0 Å². The Labute approximate surface area is 99.5 Å². The topological polar surface area (TPSA) is 136 Å². The van der Waals surface area contributed by atoms with Gasteiger partial charge >= 0.3 is 5.97 Å². The lowest BCUT2D eigenvalue weighted by Crippen LogP contribution is -2.51. The molecule has 0 aromatic rings. The summed E-state index contributed by atoms with van der Waals surface area (Å²) in [5, 5.41) is 10.8. The standard InChI is InChI=1S/C10H19N3O4/c1-5(2)3-6(11)10(17)13-7(9(12)16)4-8(14)15/h5-7H,3-4,11H2,1-2H3,(H2,12,16)(H,13,17)(H,14,15)/t6-,7?/m0/s1. The van der Waals surface area contributed by atoms with Gasteiger partial charge in [0, 0.05) is 0 Å². The Balaban J connectivity index is 4.39. The van der Waals surface area contributed by atoms with Crippen LogP contribution in [-0.4, -0.2) is 35.0 Å². The van der Waals surface area contributed by atoms with Crippen molar-refractivity contribution in [3.05, 3.63) is 0 Å². The average molecular weight is 245 g/mol. The molecule has 0 aromatic heterocycles. The van der Waals surface area contributed by atoms with Gasteiger partial charge in [-0.15, -0.1) is 0 Å². The van der Waals surface area contributed by atoms with E-state index in [-0.39, 0.29) is 5.92 Å². The van der Waals surface area contributed by atoms with Gasteiger partial charge in [0.15, 0.2) is 0 Å². The number of rotatable bonds is 7. The third-order valence-electron chi connectivity index (χ3n) is 2.10. The van der Waals surface area contributed by atoms with Crippen molar-refractivity contribution in [2.24, 2.45) is 17.4 Å². The van der Waals surface area contributed by atoms with Gasteiger partial charge in [-0.05, 0) is 12.3 Å². The largest absolute Gasteiger partial charge is 0.481 e. The minimum atomic E-state index is -1.22. The molecule has 0 rings (SSSR count). The minimum Gasteiger partial charge on any atom is -0.481 e. The zero-order valence-corrected chi connectivity index (χ0v) is 9.97. The van der Waals surface area contributed by atoms with Gasteiger partial charge in [0.25, 0.3) is 0 Å². The highest BCUT2D eigenvalue weighted by Gasteiger charge is 2.24. The van der Waals surface area contributed by atoms with E-state index in [0.717, 1.165) is 0 Å². The molecule has 98 valence electrons. The van der Waals surface area contributed by atoms with Crippen molar-refractivity contribution in [2.45, 2.75) is 38.8 Å². The van der Waals surface area contributed by atoms with Crippen molar-refractivity contribution in [1.29, 1.82) is 0 Å². The normalized spacial score (nSPS) is 14.1. The van der Waals surface area contributed by atoms with Gasteiger partial charge in [0.2, 0.25) is 11.8 Å². The van der Waals surface area contributed by atoms with E-state index in [0.29, 0.717) is 6.42 Å². The highest BCUT2D eigenvalue weighted by Crippen LogP contribution is 2.03. The van der Waals surface area contributed by atoms with Crippen LogP contribution < -0.4 is 16.8 Å². The van der Waals surface area contributed by atoms with Crippen molar-refractivity contribution in [3.8, 4) is 0 Å². The number of hydrogen-bond acceptors (Lipinski definition) is 4. The van der Waals surface area contributed by atoms with Crippen LogP contribution in [0, 0.1) is 5.92 Å².